The van der Waals surface area contributed by atoms with E-state index in [-0.39, 0.29) is 25.2 Å². The molecule has 0 spiro atoms. The summed E-state index contributed by atoms with van der Waals surface area (Å²) in [6.07, 6.45) is 1.21. The van der Waals surface area contributed by atoms with Gasteiger partial charge in [-0.3, -0.25) is 9.59 Å². The molecule has 0 unspecified atom stereocenters. The molecule has 0 heterocycles. The summed E-state index contributed by atoms with van der Waals surface area (Å²) in [5.41, 5.74) is 0. The predicted molar refractivity (Wildman–Crippen MR) is 50.6 cm³/mol. The van der Waals surface area contributed by atoms with Gasteiger partial charge in [-0.1, -0.05) is 0 Å². The van der Waals surface area contributed by atoms with Crippen molar-refractivity contribution in [2.45, 2.75) is 25.8 Å². The number of aliphatic hydroxyl groups excluding tert-OH is 1. The van der Waals surface area contributed by atoms with Crippen molar-refractivity contribution in [3.05, 3.63) is 0 Å². The smallest absolute Gasteiger partial charge is 0.293 e. The lowest BCUT2D eigenvalue weighted by Crippen LogP contribution is -2.38. The maximum atomic E-state index is 11.0. The third kappa shape index (κ3) is 4.81. The standard InChI is InChI=1S/C9H17NO4/c1-8(13)10(2)9(4-3-5-11)6-14-7-12/h7,9,11H,3-6H2,1-2H3/t9-/m0/s1. The van der Waals surface area contributed by atoms with Crippen molar-refractivity contribution in [3.8, 4) is 0 Å². The van der Waals surface area contributed by atoms with Gasteiger partial charge in [-0.15, -0.1) is 0 Å². The monoisotopic (exact) mass is 203 g/mol. The average molecular weight is 203 g/mol. The highest BCUT2D eigenvalue weighted by atomic mass is 16.5. The van der Waals surface area contributed by atoms with Crippen molar-refractivity contribution in [1.29, 1.82) is 0 Å². The van der Waals surface area contributed by atoms with E-state index in [1.807, 2.05) is 0 Å². The van der Waals surface area contributed by atoms with Crippen molar-refractivity contribution >= 4 is 12.4 Å². The van der Waals surface area contributed by atoms with Crippen LogP contribution in [0.15, 0.2) is 0 Å². The van der Waals surface area contributed by atoms with E-state index in [0.29, 0.717) is 19.3 Å². The molecule has 1 atom stereocenters. The SMILES string of the molecule is CC(=O)N(C)[C@@H](CCCO)COC=O. The molecule has 0 aliphatic carbocycles. The Bertz CT molecular complexity index is 184. The fourth-order valence-corrected chi connectivity index (χ4v) is 1.12. The van der Waals surface area contributed by atoms with Gasteiger partial charge in [-0.2, -0.15) is 0 Å². The number of hydrogen-bond acceptors (Lipinski definition) is 4. The zero-order valence-corrected chi connectivity index (χ0v) is 8.60. The molecule has 14 heavy (non-hydrogen) atoms. The minimum Gasteiger partial charge on any atom is -0.466 e. The van der Waals surface area contributed by atoms with Gasteiger partial charge in [-0.25, -0.2) is 0 Å². The summed E-state index contributed by atoms with van der Waals surface area (Å²) in [6.45, 7) is 2.07. The molecule has 5 heteroatoms. The molecular formula is C9H17NO4. The molecular weight excluding hydrogens is 186 g/mol. The van der Waals surface area contributed by atoms with Gasteiger partial charge >= 0.3 is 0 Å². The minimum absolute atomic E-state index is 0.0728. The number of hydrogen-bond donors (Lipinski definition) is 1. The molecule has 0 saturated carbocycles. The first-order valence-corrected chi connectivity index (χ1v) is 4.53. The van der Waals surface area contributed by atoms with Crippen LogP contribution < -0.4 is 0 Å². The summed E-state index contributed by atoms with van der Waals surface area (Å²) in [6, 6.07) is -0.148. The van der Waals surface area contributed by atoms with E-state index in [1.54, 1.807) is 7.05 Å². The van der Waals surface area contributed by atoms with Crippen LogP contribution >= 0.6 is 0 Å². The molecule has 0 aromatic carbocycles. The zero-order valence-electron chi connectivity index (χ0n) is 8.60. The van der Waals surface area contributed by atoms with Gasteiger partial charge in [0, 0.05) is 20.6 Å². The fourth-order valence-electron chi connectivity index (χ4n) is 1.12. The number of carbonyl (C=O) groups is 2. The van der Waals surface area contributed by atoms with E-state index in [1.165, 1.54) is 11.8 Å². The van der Waals surface area contributed by atoms with Crippen LogP contribution in [0.1, 0.15) is 19.8 Å². The van der Waals surface area contributed by atoms with Gasteiger partial charge in [0.25, 0.3) is 6.47 Å². The van der Waals surface area contributed by atoms with Crippen LogP contribution in [0.5, 0.6) is 0 Å². The Hall–Kier alpha value is -1.10. The lowest BCUT2D eigenvalue weighted by molar-refractivity contribution is -0.136. The number of carbonyl (C=O) groups excluding carboxylic acids is 2. The molecule has 0 aliphatic heterocycles. The Balaban J connectivity index is 4.07. The molecule has 1 amide bonds. The van der Waals surface area contributed by atoms with Gasteiger partial charge in [0.2, 0.25) is 5.91 Å². The molecule has 0 aromatic rings. The quantitative estimate of drug-likeness (QED) is 0.581. The van der Waals surface area contributed by atoms with Gasteiger partial charge in [0.15, 0.2) is 0 Å². The Morgan fingerprint density at radius 3 is 2.71 bits per heavy atom. The van der Waals surface area contributed by atoms with Gasteiger partial charge < -0.3 is 14.7 Å². The summed E-state index contributed by atoms with van der Waals surface area (Å²) in [5.74, 6) is -0.0811. The maximum absolute atomic E-state index is 11.0. The van der Waals surface area contributed by atoms with Crippen LogP contribution in [0.2, 0.25) is 0 Å². The van der Waals surface area contributed by atoms with Crippen molar-refractivity contribution in [1.82, 2.24) is 4.90 Å². The van der Waals surface area contributed by atoms with Crippen LogP contribution in [0.3, 0.4) is 0 Å². The number of aliphatic hydroxyl groups is 1. The van der Waals surface area contributed by atoms with E-state index in [0.717, 1.165) is 0 Å². The zero-order chi connectivity index (χ0) is 11.0. The Morgan fingerprint density at radius 2 is 2.29 bits per heavy atom. The number of ether oxygens (including phenoxy) is 1. The second-order valence-corrected chi connectivity index (χ2v) is 3.08. The van der Waals surface area contributed by atoms with Gasteiger partial charge in [0.05, 0.1) is 6.04 Å². The van der Waals surface area contributed by atoms with Crippen LogP contribution in [-0.2, 0) is 14.3 Å². The summed E-state index contributed by atoms with van der Waals surface area (Å²) in [4.78, 5) is 22.5. The fraction of sp³-hybridized carbons (Fsp3) is 0.778. The lowest BCUT2D eigenvalue weighted by Gasteiger charge is -2.26. The van der Waals surface area contributed by atoms with Gasteiger partial charge in [0.1, 0.15) is 6.61 Å². The summed E-state index contributed by atoms with van der Waals surface area (Å²) < 4.78 is 4.61. The van der Waals surface area contributed by atoms with Crippen molar-refractivity contribution in [3.63, 3.8) is 0 Å². The van der Waals surface area contributed by atoms with E-state index in [4.69, 9.17) is 5.11 Å². The predicted octanol–water partition coefficient (Wildman–Crippen LogP) is -0.221. The highest BCUT2D eigenvalue weighted by Crippen LogP contribution is 2.05. The van der Waals surface area contributed by atoms with E-state index in [9.17, 15) is 9.59 Å². The van der Waals surface area contributed by atoms with Crippen LogP contribution in [0.25, 0.3) is 0 Å². The average Bonchev–Trinajstić information content (AvgIpc) is 2.17. The molecule has 82 valence electrons. The molecule has 5 nitrogen and oxygen atoms in total. The number of nitrogens with zero attached hydrogens (tertiary/aromatic N) is 1. The Morgan fingerprint density at radius 1 is 1.64 bits per heavy atom. The molecule has 0 bridgehead atoms. The summed E-state index contributed by atoms with van der Waals surface area (Å²) in [7, 11) is 1.65. The molecule has 0 aliphatic rings. The third-order valence-corrected chi connectivity index (χ3v) is 2.10. The first kappa shape index (κ1) is 12.9. The largest absolute Gasteiger partial charge is 0.466 e. The number of rotatable bonds is 7. The lowest BCUT2D eigenvalue weighted by atomic mass is 10.1. The highest BCUT2D eigenvalue weighted by molar-refractivity contribution is 5.73. The van der Waals surface area contributed by atoms with Crippen LogP contribution in [0.4, 0.5) is 0 Å². The second-order valence-electron chi connectivity index (χ2n) is 3.08. The number of likely N-dealkylation sites (N-methyl/N-ethyl adjacent to an activating group) is 1. The van der Waals surface area contributed by atoms with Crippen LogP contribution in [-0.4, -0.2) is 48.7 Å². The summed E-state index contributed by atoms with van der Waals surface area (Å²) >= 11 is 0. The van der Waals surface area contributed by atoms with Crippen LogP contribution in [0, 0.1) is 0 Å². The first-order chi connectivity index (χ1) is 6.63. The van der Waals surface area contributed by atoms with Crippen molar-refractivity contribution < 1.29 is 19.4 Å². The minimum atomic E-state index is -0.148. The second kappa shape index (κ2) is 7.32. The third-order valence-electron chi connectivity index (χ3n) is 2.10. The Kier molecular flexibility index (Phi) is 6.74. The van der Waals surface area contributed by atoms with Crippen molar-refractivity contribution in [2.24, 2.45) is 0 Å². The summed E-state index contributed by atoms with van der Waals surface area (Å²) in [5, 5.41) is 8.65. The Labute approximate surface area is 83.6 Å². The molecule has 0 aromatic heterocycles. The van der Waals surface area contributed by atoms with Crippen molar-refractivity contribution in [2.75, 3.05) is 20.3 Å². The normalized spacial score (nSPS) is 11.9. The van der Waals surface area contributed by atoms with E-state index < -0.39 is 0 Å². The molecule has 0 rings (SSSR count). The first-order valence-electron chi connectivity index (χ1n) is 4.53. The molecule has 1 N–H and O–H groups in total. The van der Waals surface area contributed by atoms with Gasteiger partial charge in [-0.05, 0) is 12.8 Å². The molecule has 0 saturated heterocycles. The highest BCUT2D eigenvalue weighted by Gasteiger charge is 2.16. The number of amides is 1. The molecule has 0 radical (unpaired) electrons. The maximum Gasteiger partial charge on any atom is 0.293 e. The van der Waals surface area contributed by atoms with E-state index >= 15 is 0 Å². The topological polar surface area (TPSA) is 66.8 Å². The molecule has 0 fully saturated rings. The van der Waals surface area contributed by atoms with E-state index in [2.05, 4.69) is 4.74 Å².